The third kappa shape index (κ3) is 5.83. The van der Waals surface area contributed by atoms with Crippen LogP contribution in [0.1, 0.15) is 19.4 Å². The molecule has 0 spiro atoms. The normalized spacial score (nSPS) is 12.7. The van der Waals surface area contributed by atoms with Crippen molar-refractivity contribution in [2.75, 3.05) is 5.32 Å². The maximum absolute atomic E-state index is 13.1. The smallest absolute Gasteiger partial charge is 0.228 e. The van der Waals surface area contributed by atoms with E-state index in [0.29, 0.717) is 11.4 Å². The van der Waals surface area contributed by atoms with Crippen LogP contribution in [0.2, 0.25) is 0 Å². The lowest BCUT2D eigenvalue weighted by Crippen LogP contribution is -2.34. The van der Waals surface area contributed by atoms with Crippen LogP contribution in [0.4, 0.5) is 10.1 Å². The average Bonchev–Trinajstić information content (AvgIpc) is 2.52. The van der Waals surface area contributed by atoms with E-state index in [9.17, 15) is 9.18 Å². The van der Waals surface area contributed by atoms with Crippen LogP contribution in [-0.2, 0) is 11.4 Å². The second-order valence-corrected chi connectivity index (χ2v) is 5.58. The highest BCUT2D eigenvalue weighted by atomic mass is 35.5. The molecule has 24 heavy (non-hydrogen) atoms. The van der Waals surface area contributed by atoms with Gasteiger partial charge in [-0.05, 0) is 36.8 Å². The quantitative estimate of drug-likeness (QED) is 0.832. The van der Waals surface area contributed by atoms with Crippen LogP contribution in [0, 0.1) is 11.7 Å². The molecular weight excluding hydrogens is 331 g/mol. The van der Waals surface area contributed by atoms with E-state index in [1.54, 1.807) is 50.2 Å². The number of carbonyl (C=O) groups is 1. The van der Waals surface area contributed by atoms with E-state index < -0.39 is 0 Å². The first-order chi connectivity index (χ1) is 11.0. The Balaban J connectivity index is 0.00000288. The van der Waals surface area contributed by atoms with Gasteiger partial charge < -0.3 is 15.8 Å². The first-order valence-corrected chi connectivity index (χ1v) is 7.49. The molecule has 2 rings (SSSR count). The van der Waals surface area contributed by atoms with Crippen molar-refractivity contribution in [3.63, 3.8) is 0 Å². The van der Waals surface area contributed by atoms with Crippen molar-refractivity contribution < 1.29 is 13.9 Å². The number of nitrogens with one attached hydrogen (secondary N) is 1. The molecule has 3 N–H and O–H groups in total. The number of halogens is 2. The molecule has 0 aliphatic carbocycles. The second kappa shape index (κ2) is 9.25. The third-order valence-electron chi connectivity index (χ3n) is 3.60. The lowest BCUT2D eigenvalue weighted by atomic mass is 10.0. The van der Waals surface area contributed by atoms with Crippen molar-refractivity contribution in [1.82, 2.24) is 0 Å². The van der Waals surface area contributed by atoms with Crippen LogP contribution in [0.3, 0.4) is 0 Å². The highest BCUT2D eigenvalue weighted by molar-refractivity contribution is 5.92. The molecule has 4 nitrogen and oxygen atoms in total. The third-order valence-corrected chi connectivity index (χ3v) is 3.60. The second-order valence-electron chi connectivity index (χ2n) is 5.58. The first-order valence-electron chi connectivity index (χ1n) is 7.49. The standard InChI is InChI=1S/C18H21FN2O2.ClH/c1-12(13(2)20)18(22)21-16-7-4-8-17(10-16)23-11-14-5-3-6-15(19)9-14;/h3-10,12-13H,11,20H2,1-2H3,(H,21,22);1H. The highest BCUT2D eigenvalue weighted by Crippen LogP contribution is 2.19. The SMILES string of the molecule is CC(N)C(C)C(=O)Nc1cccc(OCc2cccc(F)c2)c1.Cl. The molecule has 6 heteroatoms. The molecule has 0 heterocycles. The summed E-state index contributed by atoms with van der Waals surface area (Å²) >= 11 is 0. The van der Waals surface area contributed by atoms with Gasteiger partial charge in [0.1, 0.15) is 18.2 Å². The molecule has 0 saturated carbocycles. The van der Waals surface area contributed by atoms with Crippen LogP contribution < -0.4 is 15.8 Å². The Labute approximate surface area is 147 Å². The summed E-state index contributed by atoms with van der Waals surface area (Å²) in [4.78, 5) is 12.0. The number of hydrogen-bond donors (Lipinski definition) is 2. The molecule has 1 amide bonds. The largest absolute Gasteiger partial charge is 0.489 e. The molecule has 2 unspecified atom stereocenters. The number of rotatable bonds is 6. The molecule has 0 saturated heterocycles. The van der Waals surface area contributed by atoms with Gasteiger partial charge in [0.05, 0.1) is 5.92 Å². The number of nitrogens with two attached hydrogens (primary N) is 1. The zero-order valence-electron chi connectivity index (χ0n) is 13.7. The van der Waals surface area contributed by atoms with Crippen molar-refractivity contribution in [2.45, 2.75) is 26.5 Å². The van der Waals surface area contributed by atoms with Gasteiger partial charge in [-0.25, -0.2) is 4.39 Å². The summed E-state index contributed by atoms with van der Waals surface area (Å²) in [5.41, 5.74) is 7.11. The van der Waals surface area contributed by atoms with Crippen molar-refractivity contribution in [2.24, 2.45) is 11.7 Å². The van der Waals surface area contributed by atoms with Crippen LogP contribution in [0.15, 0.2) is 48.5 Å². The summed E-state index contributed by atoms with van der Waals surface area (Å²) in [6.45, 7) is 3.83. The summed E-state index contributed by atoms with van der Waals surface area (Å²) in [7, 11) is 0. The monoisotopic (exact) mass is 352 g/mol. The molecule has 0 aliphatic heterocycles. The van der Waals surface area contributed by atoms with Gasteiger partial charge in [-0.2, -0.15) is 0 Å². The van der Waals surface area contributed by atoms with Gasteiger partial charge in [0.2, 0.25) is 5.91 Å². The van der Waals surface area contributed by atoms with Crippen LogP contribution >= 0.6 is 12.4 Å². The fraction of sp³-hybridized carbons (Fsp3) is 0.278. The number of ether oxygens (including phenoxy) is 1. The summed E-state index contributed by atoms with van der Waals surface area (Å²) < 4.78 is 18.8. The predicted octanol–water partition coefficient (Wildman–Crippen LogP) is 3.75. The molecule has 130 valence electrons. The fourth-order valence-electron chi connectivity index (χ4n) is 1.95. The minimum atomic E-state index is -0.294. The van der Waals surface area contributed by atoms with Crippen molar-refractivity contribution in [3.8, 4) is 5.75 Å². The number of benzene rings is 2. The molecule has 0 fully saturated rings. The topological polar surface area (TPSA) is 64.4 Å². The zero-order chi connectivity index (χ0) is 16.8. The van der Waals surface area contributed by atoms with Crippen LogP contribution in [-0.4, -0.2) is 11.9 Å². The van der Waals surface area contributed by atoms with Crippen LogP contribution in [0.25, 0.3) is 0 Å². The molecule has 0 aromatic heterocycles. The number of hydrogen-bond acceptors (Lipinski definition) is 3. The molecule has 0 radical (unpaired) electrons. The average molecular weight is 353 g/mol. The first kappa shape index (κ1) is 19.9. The van der Waals surface area contributed by atoms with E-state index >= 15 is 0 Å². The van der Waals surface area contributed by atoms with Crippen molar-refractivity contribution in [3.05, 3.63) is 59.9 Å². The minimum absolute atomic E-state index is 0. The summed E-state index contributed by atoms with van der Waals surface area (Å²) in [5.74, 6) is -0.119. The van der Waals surface area contributed by atoms with E-state index in [1.165, 1.54) is 12.1 Å². The molecule has 2 atom stereocenters. The molecule has 0 bridgehead atoms. The minimum Gasteiger partial charge on any atom is -0.489 e. The zero-order valence-corrected chi connectivity index (χ0v) is 14.5. The summed E-state index contributed by atoms with van der Waals surface area (Å²) in [5, 5.41) is 2.81. The van der Waals surface area contributed by atoms with Crippen LogP contribution in [0.5, 0.6) is 5.75 Å². The molecule has 2 aromatic rings. The molecule has 0 aliphatic rings. The summed E-state index contributed by atoms with van der Waals surface area (Å²) in [6, 6.07) is 13.1. The van der Waals surface area contributed by atoms with Gasteiger partial charge in [0.25, 0.3) is 0 Å². The van der Waals surface area contributed by atoms with Gasteiger partial charge >= 0.3 is 0 Å². The van der Waals surface area contributed by atoms with Crippen molar-refractivity contribution >= 4 is 24.0 Å². The Bertz CT molecular complexity index is 680. The number of amides is 1. The van der Waals surface area contributed by atoms with Gasteiger partial charge in [0, 0.05) is 17.8 Å². The Morgan fingerprint density at radius 2 is 1.92 bits per heavy atom. The Morgan fingerprint density at radius 3 is 2.58 bits per heavy atom. The maximum atomic E-state index is 13.1. The van der Waals surface area contributed by atoms with E-state index in [4.69, 9.17) is 10.5 Å². The van der Waals surface area contributed by atoms with E-state index in [2.05, 4.69) is 5.32 Å². The number of anilines is 1. The lowest BCUT2D eigenvalue weighted by molar-refractivity contribution is -0.119. The van der Waals surface area contributed by atoms with Gasteiger partial charge in [0.15, 0.2) is 0 Å². The Kier molecular flexibility index (Phi) is 7.68. The fourth-order valence-corrected chi connectivity index (χ4v) is 1.95. The van der Waals surface area contributed by atoms with E-state index in [0.717, 1.165) is 5.56 Å². The molecular formula is C18H22ClFN2O2. The lowest BCUT2D eigenvalue weighted by Gasteiger charge is -2.16. The Hall–Kier alpha value is -2.11. The van der Waals surface area contributed by atoms with E-state index in [-0.39, 0.29) is 42.7 Å². The Morgan fingerprint density at radius 1 is 1.21 bits per heavy atom. The van der Waals surface area contributed by atoms with Gasteiger partial charge in [-0.3, -0.25) is 4.79 Å². The van der Waals surface area contributed by atoms with Crippen molar-refractivity contribution in [1.29, 1.82) is 0 Å². The molecule has 2 aromatic carbocycles. The highest BCUT2D eigenvalue weighted by Gasteiger charge is 2.17. The maximum Gasteiger partial charge on any atom is 0.228 e. The predicted molar refractivity (Wildman–Crippen MR) is 95.9 cm³/mol. The number of carbonyl (C=O) groups excluding carboxylic acids is 1. The van der Waals surface area contributed by atoms with Gasteiger partial charge in [-0.15, -0.1) is 12.4 Å². The van der Waals surface area contributed by atoms with E-state index in [1.807, 2.05) is 0 Å². The summed E-state index contributed by atoms with van der Waals surface area (Å²) in [6.07, 6.45) is 0. The van der Waals surface area contributed by atoms with Gasteiger partial charge in [-0.1, -0.05) is 25.1 Å².